The van der Waals surface area contributed by atoms with E-state index in [9.17, 15) is 13.2 Å². The average Bonchev–Trinajstić information content (AvgIpc) is 2.82. The van der Waals surface area contributed by atoms with E-state index in [1.807, 2.05) is 0 Å². The molecule has 8 heteroatoms. The number of benzene rings is 1. The molecule has 1 unspecified atom stereocenters. The topological polar surface area (TPSA) is 95.7 Å². The largest absolute Gasteiger partial charge is 0.399 e. The molecule has 2 aliphatic rings. The van der Waals surface area contributed by atoms with Gasteiger partial charge in [0.1, 0.15) is 0 Å². The Kier molecular flexibility index (Phi) is 3.29. The molecule has 2 saturated heterocycles. The molecule has 21 heavy (non-hydrogen) atoms. The predicted molar refractivity (Wildman–Crippen MR) is 78.2 cm³/mol. The van der Waals surface area contributed by atoms with Crippen LogP contribution in [0.1, 0.15) is 5.56 Å². The van der Waals surface area contributed by atoms with Crippen LogP contribution in [0.3, 0.4) is 0 Å². The van der Waals surface area contributed by atoms with Crippen LogP contribution in [0.2, 0.25) is 0 Å². The summed E-state index contributed by atoms with van der Waals surface area (Å²) in [6, 6.07) is 4.68. The summed E-state index contributed by atoms with van der Waals surface area (Å²) in [6.45, 7) is 3.27. The number of rotatable bonds is 2. The zero-order valence-corrected chi connectivity index (χ0v) is 12.6. The molecule has 0 spiro atoms. The van der Waals surface area contributed by atoms with Crippen molar-refractivity contribution in [1.82, 2.24) is 14.5 Å². The van der Waals surface area contributed by atoms with Crippen molar-refractivity contribution < 1.29 is 13.2 Å². The number of aryl methyl sites for hydroxylation is 1. The van der Waals surface area contributed by atoms with E-state index in [-0.39, 0.29) is 17.0 Å². The third-order valence-corrected chi connectivity index (χ3v) is 6.03. The first kappa shape index (κ1) is 14.2. The molecule has 1 atom stereocenters. The summed E-state index contributed by atoms with van der Waals surface area (Å²) in [5.41, 5.74) is 6.81. The van der Waals surface area contributed by atoms with Gasteiger partial charge in [-0.15, -0.1) is 0 Å². The standard InChI is InChI=1S/C13H18N4O3S/c1-9-2-3-10(14)6-12(9)21(19,20)16-4-5-17-11(8-16)7-15-13(17)18/h2-3,6,11H,4-5,7-8,14H2,1H3,(H,15,18). The molecule has 2 amide bonds. The molecule has 2 heterocycles. The number of hydrogen-bond acceptors (Lipinski definition) is 4. The van der Waals surface area contributed by atoms with Gasteiger partial charge in [-0.1, -0.05) is 6.07 Å². The summed E-state index contributed by atoms with van der Waals surface area (Å²) in [4.78, 5) is 13.5. The molecule has 0 saturated carbocycles. The van der Waals surface area contributed by atoms with E-state index < -0.39 is 10.0 Å². The van der Waals surface area contributed by atoms with Crippen molar-refractivity contribution in [2.24, 2.45) is 0 Å². The average molecular weight is 310 g/mol. The maximum Gasteiger partial charge on any atom is 0.317 e. The Labute approximate surface area is 123 Å². The van der Waals surface area contributed by atoms with Crippen LogP contribution in [0.5, 0.6) is 0 Å². The van der Waals surface area contributed by atoms with E-state index in [1.165, 1.54) is 10.4 Å². The monoisotopic (exact) mass is 310 g/mol. The lowest BCUT2D eigenvalue weighted by atomic mass is 10.2. The quantitative estimate of drug-likeness (QED) is 0.750. The highest BCUT2D eigenvalue weighted by molar-refractivity contribution is 7.89. The molecule has 7 nitrogen and oxygen atoms in total. The second-order valence-electron chi connectivity index (χ2n) is 5.42. The smallest absolute Gasteiger partial charge is 0.317 e. The van der Waals surface area contributed by atoms with Crippen LogP contribution in [0.15, 0.2) is 23.1 Å². The van der Waals surface area contributed by atoms with Gasteiger partial charge in [-0.25, -0.2) is 13.2 Å². The molecule has 3 rings (SSSR count). The molecule has 0 aliphatic carbocycles. The molecular weight excluding hydrogens is 292 g/mol. The Hall–Kier alpha value is -1.80. The van der Waals surface area contributed by atoms with Crippen LogP contribution in [-0.4, -0.2) is 55.9 Å². The van der Waals surface area contributed by atoms with Crippen LogP contribution in [-0.2, 0) is 10.0 Å². The van der Waals surface area contributed by atoms with Gasteiger partial charge in [0.15, 0.2) is 0 Å². The van der Waals surface area contributed by atoms with Crippen molar-refractivity contribution in [1.29, 1.82) is 0 Å². The number of nitrogens with zero attached hydrogens (tertiary/aromatic N) is 2. The molecule has 114 valence electrons. The molecule has 0 bridgehead atoms. The number of nitrogens with one attached hydrogen (secondary N) is 1. The summed E-state index contributed by atoms with van der Waals surface area (Å²) in [5, 5.41) is 2.74. The Morgan fingerprint density at radius 2 is 2.10 bits per heavy atom. The van der Waals surface area contributed by atoms with E-state index in [0.717, 1.165) is 0 Å². The Morgan fingerprint density at radius 3 is 2.86 bits per heavy atom. The zero-order chi connectivity index (χ0) is 15.2. The first-order valence-corrected chi connectivity index (χ1v) is 8.24. The molecule has 0 aromatic heterocycles. The SMILES string of the molecule is Cc1ccc(N)cc1S(=O)(=O)N1CCN2C(=O)NCC2C1. The fraction of sp³-hybridized carbons (Fsp3) is 0.462. The van der Waals surface area contributed by atoms with Gasteiger partial charge in [-0.2, -0.15) is 4.31 Å². The third kappa shape index (κ3) is 2.34. The summed E-state index contributed by atoms with van der Waals surface area (Å²) in [6.07, 6.45) is 0. The number of nitrogens with two attached hydrogens (primary N) is 1. The summed E-state index contributed by atoms with van der Waals surface area (Å²) < 4.78 is 27.0. The van der Waals surface area contributed by atoms with Gasteiger partial charge >= 0.3 is 6.03 Å². The predicted octanol–water partition coefficient (Wildman–Crippen LogP) is -0.0247. The van der Waals surface area contributed by atoms with Gasteiger partial charge in [-0.05, 0) is 24.6 Å². The minimum absolute atomic E-state index is 0.0950. The lowest BCUT2D eigenvalue weighted by Gasteiger charge is -2.35. The maximum atomic E-state index is 12.8. The van der Waals surface area contributed by atoms with E-state index >= 15 is 0 Å². The summed E-state index contributed by atoms with van der Waals surface area (Å²) >= 11 is 0. The van der Waals surface area contributed by atoms with Crippen molar-refractivity contribution in [3.63, 3.8) is 0 Å². The lowest BCUT2D eigenvalue weighted by Crippen LogP contribution is -2.53. The zero-order valence-electron chi connectivity index (χ0n) is 11.7. The Bertz CT molecular complexity index is 689. The van der Waals surface area contributed by atoms with E-state index in [0.29, 0.717) is 37.4 Å². The summed E-state index contributed by atoms with van der Waals surface area (Å²) in [5.74, 6) is 0. The first-order chi connectivity index (χ1) is 9.89. The molecule has 0 radical (unpaired) electrons. The fourth-order valence-electron chi connectivity index (χ4n) is 2.83. The number of amides is 2. The van der Waals surface area contributed by atoms with Gasteiger partial charge in [-0.3, -0.25) is 0 Å². The Morgan fingerprint density at radius 1 is 1.33 bits per heavy atom. The fourth-order valence-corrected chi connectivity index (χ4v) is 4.56. The lowest BCUT2D eigenvalue weighted by molar-refractivity contribution is 0.164. The first-order valence-electron chi connectivity index (χ1n) is 6.80. The van der Waals surface area contributed by atoms with Gasteiger partial charge < -0.3 is 16.0 Å². The van der Waals surface area contributed by atoms with Crippen molar-refractivity contribution in [2.75, 3.05) is 31.9 Å². The number of anilines is 1. The molecule has 1 aromatic carbocycles. The minimum Gasteiger partial charge on any atom is -0.399 e. The summed E-state index contributed by atoms with van der Waals surface area (Å²) in [7, 11) is -3.58. The van der Waals surface area contributed by atoms with E-state index in [2.05, 4.69) is 5.32 Å². The van der Waals surface area contributed by atoms with Crippen LogP contribution in [0, 0.1) is 6.92 Å². The minimum atomic E-state index is -3.58. The molecule has 3 N–H and O–H groups in total. The highest BCUT2D eigenvalue weighted by Gasteiger charge is 2.39. The number of nitrogen functional groups attached to an aromatic ring is 1. The number of carbonyl (C=O) groups excluding carboxylic acids is 1. The molecule has 1 aromatic rings. The Balaban J connectivity index is 1.89. The van der Waals surface area contributed by atoms with Crippen LogP contribution >= 0.6 is 0 Å². The van der Waals surface area contributed by atoms with Gasteiger partial charge in [0, 0.05) is 31.9 Å². The van der Waals surface area contributed by atoms with E-state index in [1.54, 1.807) is 24.0 Å². The van der Waals surface area contributed by atoms with Crippen molar-refractivity contribution in [3.8, 4) is 0 Å². The normalized spacial score (nSPS) is 23.0. The van der Waals surface area contributed by atoms with Crippen molar-refractivity contribution in [2.45, 2.75) is 17.9 Å². The number of sulfonamides is 1. The van der Waals surface area contributed by atoms with E-state index in [4.69, 9.17) is 5.73 Å². The molecule has 2 fully saturated rings. The van der Waals surface area contributed by atoms with Crippen molar-refractivity contribution in [3.05, 3.63) is 23.8 Å². The van der Waals surface area contributed by atoms with Gasteiger partial charge in [0.05, 0.1) is 10.9 Å². The molecular formula is C13H18N4O3S. The highest BCUT2D eigenvalue weighted by atomic mass is 32.2. The number of hydrogen-bond donors (Lipinski definition) is 2. The van der Waals surface area contributed by atoms with Gasteiger partial charge in [0.25, 0.3) is 0 Å². The maximum absolute atomic E-state index is 12.8. The van der Waals surface area contributed by atoms with Crippen LogP contribution < -0.4 is 11.1 Å². The van der Waals surface area contributed by atoms with Crippen LogP contribution in [0.25, 0.3) is 0 Å². The van der Waals surface area contributed by atoms with Crippen molar-refractivity contribution >= 4 is 21.7 Å². The second-order valence-corrected chi connectivity index (χ2v) is 7.33. The second kappa shape index (κ2) is 4.88. The third-order valence-electron chi connectivity index (χ3n) is 4.03. The molecule has 2 aliphatic heterocycles. The number of urea groups is 1. The number of carbonyl (C=O) groups is 1. The van der Waals surface area contributed by atoms with Gasteiger partial charge in [0.2, 0.25) is 10.0 Å². The number of piperazine rings is 1. The number of fused-ring (bicyclic) bond motifs is 1. The van der Waals surface area contributed by atoms with Crippen LogP contribution in [0.4, 0.5) is 10.5 Å². The highest BCUT2D eigenvalue weighted by Crippen LogP contribution is 2.25.